The van der Waals surface area contributed by atoms with Crippen molar-refractivity contribution in [3.8, 4) is 0 Å². The van der Waals surface area contributed by atoms with Crippen LogP contribution in [-0.2, 0) is 0 Å². The number of hydrogen-bond donors (Lipinski definition) is 2. The third kappa shape index (κ3) is 8.96. The van der Waals surface area contributed by atoms with E-state index in [1.54, 1.807) is 13.0 Å². The number of likely N-dealkylation sites (tertiary alicyclic amines) is 1. The van der Waals surface area contributed by atoms with Crippen molar-refractivity contribution in [2.75, 3.05) is 19.7 Å². The Kier molecular flexibility index (Phi) is 12.5. The lowest BCUT2D eigenvalue weighted by Crippen LogP contribution is -2.37. The molecule has 1 aromatic rings. The molecule has 0 radical (unpaired) electrons. The van der Waals surface area contributed by atoms with Gasteiger partial charge >= 0.3 is 0 Å². The number of aliphatic hydroxyl groups is 2. The van der Waals surface area contributed by atoms with E-state index in [4.69, 9.17) is 0 Å². The number of benzene rings is 1. The molecule has 0 amide bonds. The van der Waals surface area contributed by atoms with Gasteiger partial charge in [0.25, 0.3) is 0 Å². The lowest BCUT2D eigenvalue weighted by atomic mass is 9.84. The highest BCUT2D eigenvalue weighted by atomic mass is 16.3. The number of rotatable bonds is 12. The molecule has 2 rings (SSSR count). The Morgan fingerprint density at radius 3 is 2.39 bits per heavy atom. The van der Waals surface area contributed by atoms with Crippen molar-refractivity contribution in [3.05, 3.63) is 114 Å². The Hall–Kier alpha value is -2.88. The first kappa shape index (κ1) is 29.4. The molecule has 0 unspecified atom stereocenters. The number of piperidine rings is 1. The number of aliphatic hydroxyl groups excluding tert-OH is 2. The summed E-state index contributed by atoms with van der Waals surface area (Å²) in [6, 6.07) is 9.46. The van der Waals surface area contributed by atoms with Crippen LogP contribution in [0.4, 0.5) is 0 Å². The topological polar surface area (TPSA) is 43.7 Å². The third-order valence-electron chi connectivity index (χ3n) is 6.74. The van der Waals surface area contributed by atoms with Gasteiger partial charge in [-0.3, -0.25) is 0 Å². The van der Waals surface area contributed by atoms with E-state index < -0.39 is 0 Å². The minimum atomic E-state index is 0.117. The van der Waals surface area contributed by atoms with E-state index in [1.165, 1.54) is 5.56 Å². The minimum absolute atomic E-state index is 0.117. The zero-order valence-corrected chi connectivity index (χ0v) is 22.7. The van der Waals surface area contributed by atoms with Gasteiger partial charge in [-0.15, -0.1) is 0 Å². The SMILES string of the molecule is C=C(/C=C\C=C/C)/C(CCCO)=C(/C(=C)/C=C\C=C(/C)O)c1cccc(C2CCN(C(C)C)CC2)c1. The normalized spacial score (nSPS) is 17.0. The quantitative estimate of drug-likeness (QED) is 0.231. The fraction of sp³-hybridized carbons (Fsp3) is 0.394. The summed E-state index contributed by atoms with van der Waals surface area (Å²) in [5, 5.41) is 19.2. The second-order valence-electron chi connectivity index (χ2n) is 9.81. The third-order valence-corrected chi connectivity index (χ3v) is 6.74. The molecule has 0 atom stereocenters. The zero-order chi connectivity index (χ0) is 26.5. The molecule has 1 aliphatic rings. The van der Waals surface area contributed by atoms with Crippen LogP contribution in [0.5, 0.6) is 0 Å². The maximum Gasteiger partial charge on any atom is 0.0891 e. The van der Waals surface area contributed by atoms with Gasteiger partial charge in [0.05, 0.1) is 5.76 Å². The van der Waals surface area contributed by atoms with Gasteiger partial charge < -0.3 is 15.1 Å². The number of hydrogen-bond acceptors (Lipinski definition) is 3. The summed E-state index contributed by atoms with van der Waals surface area (Å²) >= 11 is 0. The Morgan fingerprint density at radius 1 is 1.08 bits per heavy atom. The summed E-state index contributed by atoms with van der Waals surface area (Å²) in [5.74, 6) is 0.794. The first-order valence-corrected chi connectivity index (χ1v) is 13.2. The molecule has 0 spiro atoms. The van der Waals surface area contributed by atoms with E-state index in [2.05, 4.69) is 56.2 Å². The van der Waals surface area contributed by atoms with Crippen LogP contribution in [0.1, 0.15) is 70.4 Å². The van der Waals surface area contributed by atoms with E-state index in [0.29, 0.717) is 24.8 Å². The van der Waals surface area contributed by atoms with Crippen LogP contribution in [0.15, 0.2) is 102 Å². The fourth-order valence-electron chi connectivity index (χ4n) is 4.72. The van der Waals surface area contributed by atoms with Gasteiger partial charge in [-0.25, -0.2) is 0 Å². The van der Waals surface area contributed by atoms with E-state index >= 15 is 0 Å². The molecule has 1 aliphatic heterocycles. The summed E-state index contributed by atoms with van der Waals surface area (Å²) in [6.07, 6.45) is 17.1. The molecule has 1 heterocycles. The van der Waals surface area contributed by atoms with E-state index in [-0.39, 0.29) is 12.4 Å². The van der Waals surface area contributed by atoms with Crippen molar-refractivity contribution in [2.45, 2.75) is 65.3 Å². The van der Waals surface area contributed by atoms with Crippen LogP contribution >= 0.6 is 0 Å². The highest BCUT2D eigenvalue weighted by Gasteiger charge is 2.23. The van der Waals surface area contributed by atoms with Gasteiger partial charge in [-0.2, -0.15) is 0 Å². The largest absolute Gasteiger partial charge is 0.513 e. The van der Waals surface area contributed by atoms with Gasteiger partial charge in [-0.1, -0.05) is 73.9 Å². The highest BCUT2D eigenvalue weighted by molar-refractivity contribution is 5.86. The molecule has 194 valence electrons. The molecule has 1 saturated heterocycles. The maximum atomic E-state index is 9.62. The average molecular weight is 488 g/mol. The molecule has 0 saturated carbocycles. The van der Waals surface area contributed by atoms with E-state index in [9.17, 15) is 10.2 Å². The zero-order valence-electron chi connectivity index (χ0n) is 22.7. The Bertz CT molecular complexity index is 1020. The molecular weight excluding hydrogens is 442 g/mol. The highest BCUT2D eigenvalue weighted by Crippen LogP contribution is 2.36. The van der Waals surface area contributed by atoms with Gasteiger partial charge in [0.15, 0.2) is 0 Å². The van der Waals surface area contributed by atoms with Crippen LogP contribution < -0.4 is 0 Å². The van der Waals surface area contributed by atoms with E-state index in [0.717, 1.165) is 53.8 Å². The minimum Gasteiger partial charge on any atom is -0.513 e. The Balaban J connectivity index is 2.56. The lowest BCUT2D eigenvalue weighted by Gasteiger charge is -2.35. The summed E-state index contributed by atoms with van der Waals surface area (Å²) in [6.45, 7) is 19.3. The average Bonchev–Trinajstić information content (AvgIpc) is 2.86. The van der Waals surface area contributed by atoms with Crippen LogP contribution in [0.3, 0.4) is 0 Å². The molecule has 0 aliphatic carbocycles. The molecule has 1 aromatic carbocycles. The first-order chi connectivity index (χ1) is 17.3. The molecule has 3 heteroatoms. The molecular formula is C33H45NO2. The lowest BCUT2D eigenvalue weighted by molar-refractivity contribution is 0.172. The van der Waals surface area contributed by atoms with Crippen molar-refractivity contribution in [1.29, 1.82) is 0 Å². The molecule has 0 bridgehead atoms. The van der Waals surface area contributed by atoms with Crippen molar-refractivity contribution < 1.29 is 10.2 Å². The summed E-state index contributed by atoms with van der Waals surface area (Å²) < 4.78 is 0. The van der Waals surface area contributed by atoms with Crippen LogP contribution in [0.25, 0.3) is 5.57 Å². The summed E-state index contributed by atoms with van der Waals surface area (Å²) in [5.41, 5.74) is 6.37. The van der Waals surface area contributed by atoms with Gasteiger partial charge in [-0.05, 0) is 112 Å². The molecule has 3 nitrogen and oxygen atoms in total. The second kappa shape index (κ2) is 15.3. The van der Waals surface area contributed by atoms with Gasteiger partial charge in [0.1, 0.15) is 0 Å². The van der Waals surface area contributed by atoms with Crippen molar-refractivity contribution >= 4 is 5.57 Å². The second-order valence-corrected chi connectivity index (χ2v) is 9.81. The Morgan fingerprint density at radius 2 is 1.78 bits per heavy atom. The first-order valence-electron chi connectivity index (χ1n) is 13.2. The summed E-state index contributed by atoms with van der Waals surface area (Å²) in [4.78, 5) is 2.56. The van der Waals surface area contributed by atoms with Crippen LogP contribution in [0, 0.1) is 0 Å². The molecule has 36 heavy (non-hydrogen) atoms. The number of allylic oxidation sites excluding steroid dienone is 12. The smallest absolute Gasteiger partial charge is 0.0891 e. The maximum absolute atomic E-state index is 9.62. The molecule has 2 N–H and O–H groups in total. The van der Waals surface area contributed by atoms with Gasteiger partial charge in [0, 0.05) is 12.6 Å². The molecule has 0 aromatic heterocycles. The Labute approximate surface area is 219 Å². The number of nitrogens with zero attached hydrogens (tertiary/aromatic N) is 1. The van der Waals surface area contributed by atoms with Crippen LogP contribution in [-0.4, -0.2) is 40.9 Å². The fourth-order valence-corrected chi connectivity index (χ4v) is 4.72. The summed E-state index contributed by atoms with van der Waals surface area (Å²) in [7, 11) is 0. The monoisotopic (exact) mass is 487 g/mol. The predicted molar refractivity (Wildman–Crippen MR) is 156 cm³/mol. The van der Waals surface area contributed by atoms with Crippen molar-refractivity contribution in [2.24, 2.45) is 0 Å². The molecule has 1 fully saturated rings. The van der Waals surface area contributed by atoms with Crippen molar-refractivity contribution in [1.82, 2.24) is 4.90 Å². The predicted octanol–water partition coefficient (Wildman–Crippen LogP) is 8.06. The van der Waals surface area contributed by atoms with Crippen molar-refractivity contribution in [3.63, 3.8) is 0 Å². The standard InChI is InChI=1S/C33H45NO2/c1-7-8-9-13-26(4)32(18-12-23-35)33(27(5)14-10-15-28(6)36)31-17-11-16-30(24-31)29-19-21-34(22-20-29)25(2)3/h7-11,13-17,24-25,29,35-36H,4-5,12,18-23H2,1-3,6H3/b8-7-,13-9-,14-10-,28-15+,33-32-. The van der Waals surface area contributed by atoms with Gasteiger partial charge in [0.2, 0.25) is 0 Å². The van der Waals surface area contributed by atoms with Crippen LogP contribution in [0.2, 0.25) is 0 Å². The van der Waals surface area contributed by atoms with E-state index in [1.807, 2.05) is 43.4 Å².